The van der Waals surface area contributed by atoms with Gasteiger partial charge in [-0.15, -0.1) is 24.0 Å². The van der Waals surface area contributed by atoms with E-state index < -0.39 is 0 Å². The van der Waals surface area contributed by atoms with Crippen molar-refractivity contribution in [1.29, 1.82) is 0 Å². The van der Waals surface area contributed by atoms with Gasteiger partial charge in [-0.2, -0.15) is 0 Å². The van der Waals surface area contributed by atoms with E-state index in [1.165, 1.54) is 18.4 Å². The van der Waals surface area contributed by atoms with Crippen LogP contribution in [0.2, 0.25) is 0 Å². The highest BCUT2D eigenvalue weighted by atomic mass is 127. The number of aliphatic imine (C=N–C) groups is 1. The number of hydrogen-bond acceptors (Lipinski definition) is 3. The van der Waals surface area contributed by atoms with Crippen molar-refractivity contribution in [2.45, 2.75) is 40.0 Å². The summed E-state index contributed by atoms with van der Waals surface area (Å²) in [5.74, 6) is 1.92. The zero-order chi connectivity index (χ0) is 18.8. The third kappa shape index (κ3) is 8.25. The summed E-state index contributed by atoms with van der Waals surface area (Å²) in [6.07, 6.45) is 3.65. The van der Waals surface area contributed by atoms with Crippen molar-refractivity contribution in [3.05, 3.63) is 29.8 Å². The predicted molar refractivity (Wildman–Crippen MR) is 123 cm³/mol. The van der Waals surface area contributed by atoms with Crippen LogP contribution in [-0.2, 0) is 4.74 Å². The lowest BCUT2D eigenvalue weighted by Crippen LogP contribution is -2.41. The number of ether oxygens (including phenoxy) is 2. The van der Waals surface area contributed by atoms with Crippen molar-refractivity contribution in [1.82, 2.24) is 10.2 Å². The Bertz CT molecular complexity index is 576. The molecule has 0 saturated heterocycles. The summed E-state index contributed by atoms with van der Waals surface area (Å²) in [5, 5.41) is 3.40. The zero-order valence-corrected chi connectivity index (χ0v) is 19.6. The number of nitrogens with one attached hydrogen (secondary N) is 1. The van der Waals surface area contributed by atoms with Gasteiger partial charge in [0.05, 0.1) is 6.54 Å². The lowest BCUT2D eigenvalue weighted by Gasteiger charge is -2.23. The largest absolute Gasteiger partial charge is 0.491 e. The number of hydrogen-bond donors (Lipinski definition) is 1. The topological polar surface area (TPSA) is 46.1 Å². The Kier molecular flexibility index (Phi) is 11.1. The molecule has 0 aliphatic heterocycles. The first-order valence-corrected chi connectivity index (χ1v) is 9.86. The van der Waals surface area contributed by atoms with E-state index >= 15 is 0 Å². The van der Waals surface area contributed by atoms with E-state index in [9.17, 15) is 0 Å². The fraction of sp³-hybridized carbons (Fsp3) is 0.667. The number of halogens is 1. The molecule has 1 aliphatic rings. The van der Waals surface area contributed by atoms with Crippen LogP contribution in [0.5, 0.6) is 5.75 Å². The van der Waals surface area contributed by atoms with Gasteiger partial charge in [0.25, 0.3) is 0 Å². The molecule has 154 valence electrons. The van der Waals surface area contributed by atoms with Gasteiger partial charge in [-0.05, 0) is 57.1 Å². The minimum atomic E-state index is 0. The van der Waals surface area contributed by atoms with Crippen LogP contribution in [0.3, 0.4) is 0 Å². The molecule has 1 aromatic carbocycles. The number of para-hydroxylation sites is 1. The third-order valence-corrected chi connectivity index (χ3v) is 4.98. The molecule has 6 heteroatoms. The monoisotopic (exact) mass is 489 g/mol. The lowest BCUT2D eigenvalue weighted by molar-refractivity contribution is 0.129. The first-order valence-electron chi connectivity index (χ1n) is 9.86. The number of nitrogens with zero attached hydrogens (tertiary/aromatic N) is 2. The Hall–Kier alpha value is -1.02. The quantitative estimate of drug-likeness (QED) is 0.220. The van der Waals surface area contributed by atoms with Crippen molar-refractivity contribution >= 4 is 29.9 Å². The van der Waals surface area contributed by atoms with E-state index in [0.29, 0.717) is 12.0 Å². The van der Waals surface area contributed by atoms with Crippen molar-refractivity contribution in [2.75, 3.05) is 46.5 Å². The van der Waals surface area contributed by atoms with Gasteiger partial charge in [-0.3, -0.25) is 4.99 Å². The predicted octanol–water partition coefficient (Wildman–Crippen LogP) is 4.10. The van der Waals surface area contributed by atoms with Gasteiger partial charge in [0, 0.05) is 33.4 Å². The molecule has 0 heterocycles. The highest BCUT2D eigenvalue weighted by molar-refractivity contribution is 14.0. The maximum atomic E-state index is 5.92. The second-order valence-electron chi connectivity index (χ2n) is 7.15. The van der Waals surface area contributed by atoms with Crippen LogP contribution in [0, 0.1) is 12.3 Å². The van der Waals surface area contributed by atoms with Crippen molar-refractivity contribution in [2.24, 2.45) is 10.4 Å². The van der Waals surface area contributed by atoms with Gasteiger partial charge >= 0.3 is 0 Å². The minimum absolute atomic E-state index is 0. The van der Waals surface area contributed by atoms with Gasteiger partial charge in [-0.1, -0.05) is 18.2 Å². The maximum absolute atomic E-state index is 5.92. The van der Waals surface area contributed by atoms with Gasteiger partial charge in [0.15, 0.2) is 5.96 Å². The molecule has 1 aromatic rings. The fourth-order valence-electron chi connectivity index (χ4n) is 2.93. The normalized spacial score (nSPS) is 15.0. The Balaban J connectivity index is 0.00000364. The molecule has 2 rings (SSSR count). The first-order chi connectivity index (χ1) is 12.6. The molecule has 0 spiro atoms. The van der Waals surface area contributed by atoms with Gasteiger partial charge < -0.3 is 19.7 Å². The van der Waals surface area contributed by atoms with Crippen LogP contribution < -0.4 is 10.1 Å². The summed E-state index contributed by atoms with van der Waals surface area (Å²) in [6, 6.07) is 8.13. The molecular formula is C21H36IN3O2. The van der Waals surface area contributed by atoms with E-state index in [4.69, 9.17) is 14.5 Å². The molecule has 0 unspecified atom stereocenters. The van der Waals surface area contributed by atoms with Crippen molar-refractivity contribution in [3.63, 3.8) is 0 Å². The van der Waals surface area contributed by atoms with E-state index in [1.807, 2.05) is 18.2 Å². The van der Waals surface area contributed by atoms with Crippen molar-refractivity contribution < 1.29 is 9.47 Å². The summed E-state index contributed by atoms with van der Waals surface area (Å²) in [5.41, 5.74) is 1.54. The van der Waals surface area contributed by atoms with Gasteiger partial charge in [-0.25, -0.2) is 0 Å². The molecule has 0 amide bonds. The molecule has 5 nitrogen and oxygen atoms in total. The van der Waals surface area contributed by atoms with Crippen LogP contribution in [-0.4, -0.2) is 57.4 Å². The summed E-state index contributed by atoms with van der Waals surface area (Å²) in [6.45, 7) is 11.1. The Morgan fingerprint density at radius 2 is 1.96 bits per heavy atom. The number of benzene rings is 1. The Labute approximate surface area is 181 Å². The summed E-state index contributed by atoms with van der Waals surface area (Å²) < 4.78 is 11.4. The highest BCUT2D eigenvalue weighted by Crippen LogP contribution is 2.49. The Morgan fingerprint density at radius 1 is 1.22 bits per heavy atom. The second kappa shape index (κ2) is 12.4. The average Bonchev–Trinajstić information content (AvgIpc) is 3.40. The molecule has 0 radical (unpaired) electrons. The van der Waals surface area contributed by atoms with Crippen molar-refractivity contribution in [3.8, 4) is 5.75 Å². The number of likely N-dealkylation sites (N-methyl/N-ethyl adjacent to an activating group) is 1. The Morgan fingerprint density at radius 3 is 2.59 bits per heavy atom. The van der Waals surface area contributed by atoms with Crippen LogP contribution >= 0.6 is 24.0 Å². The van der Waals surface area contributed by atoms with E-state index in [2.05, 4.69) is 44.1 Å². The molecule has 1 N–H and O–H groups in total. The molecule has 0 atom stereocenters. The first kappa shape index (κ1) is 24.0. The average molecular weight is 489 g/mol. The van der Waals surface area contributed by atoms with E-state index in [-0.39, 0.29) is 24.0 Å². The number of rotatable bonds is 11. The lowest BCUT2D eigenvalue weighted by atomic mass is 10.0. The van der Waals surface area contributed by atoms with Crippen LogP contribution in [0.25, 0.3) is 0 Å². The molecule has 1 fully saturated rings. The summed E-state index contributed by atoms with van der Waals surface area (Å²) in [7, 11) is 2.07. The number of aryl methyl sites for hydroxylation is 1. The maximum Gasteiger partial charge on any atom is 0.193 e. The summed E-state index contributed by atoms with van der Waals surface area (Å²) >= 11 is 0. The third-order valence-electron chi connectivity index (χ3n) is 4.98. The van der Waals surface area contributed by atoms with Crippen LogP contribution in [0.1, 0.15) is 38.7 Å². The van der Waals surface area contributed by atoms with Crippen LogP contribution in [0.15, 0.2) is 29.3 Å². The SMILES string of the molecule is CCNC(=NCC1(CCOCC)CC1)N(C)CCOc1ccccc1C.I. The minimum Gasteiger partial charge on any atom is -0.491 e. The molecule has 1 aliphatic carbocycles. The van der Waals surface area contributed by atoms with E-state index in [0.717, 1.165) is 51.0 Å². The molecule has 27 heavy (non-hydrogen) atoms. The fourth-order valence-corrected chi connectivity index (χ4v) is 2.93. The van der Waals surface area contributed by atoms with E-state index in [1.54, 1.807) is 0 Å². The van der Waals surface area contributed by atoms with Crippen LogP contribution in [0.4, 0.5) is 0 Å². The highest BCUT2D eigenvalue weighted by Gasteiger charge is 2.42. The molecule has 0 aromatic heterocycles. The van der Waals surface area contributed by atoms with Gasteiger partial charge in [0.2, 0.25) is 0 Å². The summed E-state index contributed by atoms with van der Waals surface area (Å²) in [4.78, 5) is 7.04. The molecule has 0 bridgehead atoms. The zero-order valence-electron chi connectivity index (χ0n) is 17.3. The smallest absolute Gasteiger partial charge is 0.193 e. The number of guanidine groups is 1. The van der Waals surface area contributed by atoms with Gasteiger partial charge in [0.1, 0.15) is 12.4 Å². The second-order valence-corrected chi connectivity index (χ2v) is 7.15. The molecular weight excluding hydrogens is 453 g/mol. The molecule has 1 saturated carbocycles. The standard InChI is InChI=1S/C21H35N3O2.HI/c1-5-22-20(23-17-21(11-12-21)13-15-25-6-2)24(4)14-16-26-19-10-8-7-9-18(19)3;/h7-10H,5-6,11-17H2,1-4H3,(H,22,23);1H.